The van der Waals surface area contributed by atoms with E-state index in [0.29, 0.717) is 39.5 Å². The molecule has 1 aromatic heterocycles. The number of carbonyl (C=O) groups excluding carboxylic acids is 2. The lowest BCUT2D eigenvalue weighted by Gasteiger charge is -2.10. The molecule has 8 nitrogen and oxygen atoms in total. The number of amides is 2. The van der Waals surface area contributed by atoms with E-state index in [1.807, 2.05) is 24.3 Å². The van der Waals surface area contributed by atoms with Gasteiger partial charge in [-0.3, -0.25) is 14.9 Å². The van der Waals surface area contributed by atoms with Gasteiger partial charge < -0.3 is 14.8 Å². The molecular weight excluding hydrogens is 516 g/mol. The topological polar surface area (TPSA) is 102 Å². The van der Waals surface area contributed by atoms with Crippen molar-refractivity contribution in [3.63, 3.8) is 0 Å². The number of hydrogen-bond donors (Lipinski definition) is 2. The number of benzene rings is 2. The van der Waals surface area contributed by atoms with Crippen LogP contribution in [-0.2, 0) is 11.2 Å². The maximum absolute atomic E-state index is 12.3. The lowest BCUT2D eigenvalue weighted by atomic mass is 10.1. The number of nitrogens with zero attached hydrogens (tertiary/aromatic N) is 2. The van der Waals surface area contributed by atoms with Crippen LogP contribution in [0.4, 0.5) is 5.13 Å². The smallest absolute Gasteiger partial charge is 0.257 e. The van der Waals surface area contributed by atoms with E-state index in [2.05, 4.69) is 36.8 Å². The first-order chi connectivity index (χ1) is 15.5. The molecule has 1 heterocycles. The van der Waals surface area contributed by atoms with Crippen LogP contribution in [-0.4, -0.2) is 48.5 Å². The maximum atomic E-state index is 12.3. The predicted molar refractivity (Wildman–Crippen MR) is 129 cm³/mol. The number of ether oxygens (including phenoxy) is 2. The fourth-order valence-corrected chi connectivity index (χ4v) is 4.65. The van der Waals surface area contributed by atoms with Gasteiger partial charge in [0.25, 0.3) is 5.91 Å². The Labute approximate surface area is 202 Å². The Morgan fingerprint density at radius 1 is 1.09 bits per heavy atom. The first-order valence-corrected chi connectivity index (χ1v) is 12.1. The van der Waals surface area contributed by atoms with Crippen LogP contribution < -0.4 is 20.1 Å². The third kappa shape index (κ3) is 6.94. The van der Waals surface area contributed by atoms with Gasteiger partial charge in [-0.1, -0.05) is 51.2 Å². The highest BCUT2D eigenvalue weighted by molar-refractivity contribution is 9.10. The molecule has 168 valence electrons. The molecule has 0 radical (unpaired) electrons. The zero-order valence-electron chi connectivity index (χ0n) is 17.4. The maximum Gasteiger partial charge on any atom is 0.257 e. The molecule has 2 amide bonds. The van der Waals surface area contributed by atoms with Gasteiger partial charge in [-0.25, -0.2) is 0 Å². The number of aromatic nitrogens is 2. The van der Waals surface area contributed by atoms with Crippen LogP contribution in [0.15, 0.2) is 51.3 Å². The van der Waals surface area contributed by atoms with E-state index in [0.717, 1.165) is 10.0 Å². The highest BCUT2D eigenvalue weighted by Gasteiger charge is 2.12. The Kier molecular flexibility index (Phi) is 8.89. The second-order valence-electron chi connectivity index (χ2n) is 6.42. The van der Waals surface area contributed by atoms with E-state index in [1.54, 1.807) is 32.4 Å². The van der Waals surface area contributed by atoms with E-state index in [4.69, 9.17) is 9.47 Å². The van der Waals surface area contributed by atoms with Crippen LogP contribution in [0, 0.1) is 0 Å². The van der Waals surface area contributed by atoms with Gasteiger partial charge in [-0.05, 0) is 42.3 Å². The summed E-state index contributed by atoms with van der Waals surface area (Å²) in [6.07, 6.45) is 0.668. The van der Waals surface area contributed by atoms with Crippen molar-refractivity contribution in [1.82, 2.24) is 15.5 Å². The summed E-state index contributed by atoms with van der Waals surface area (Å²) in [5.74, 6) is 1.16. The van der Waals surface area contributed by atoms with Crippen LogP contribution in [0.3, 0.4) is 0 Å². The summed E-state index contributed by atoms with van der Waals surface area (Å²) in [5, 5.41) is 14.0. The Hall–Kier alpha value is -2.63. The summed E-state index contributed by atoms with van der Waals surface area (Å²) in [7, 11) is 3.18. The molecule has 11 heteroatoms. The van der Waals surface area contributed by atoms with Crippen molar-refractivity contribution in [3.05, 3.63) is 58.1 Å². The minimum atomic E-state index is -0.271. The van der Waals surface area contributed by atoms with E-state index >= 15 is 0 Å². The van der Waals surface area contributed by atoms with Gasteiger partial charge in [0.2, 0.25) is 11.0 Å². The highest BCUT2D eigenvalue weighted by atomic mass is 79.9. The molecule has 2 aromatic carbocycles. The molecule has 0 aliphatic heterocycles. The van der Waals surface area contributed by atoms with Crippen molar-refractivity contribution in [2.45, 2.75) is 10.8 Å². The van der Waals surface area contributed by atoms with Crippen LogP contribution in [0.5, 0.6) is 11.5 Å². The standard InChI is InChI=1S/C21H21BrN4O4S2/c1-29-16-7-6-13(10-17(16)30-2)8-9-23-18(27)12-31-21-26-25-20(32-21)24-19(28)14-4-3-5-15(22)11-14/h3-7,10-11H,8-9,12H2,1-2H3,(H,23,27)(H,24,25,28). The largest absolute Gasteiger partial charge is 0.493 e. The number of carbonyl (C=O) groups is 2. The lowest BCUT2D eigenvalue weighted by Crippen LogP contribution is -2.27. The third-order valence-corrected chi connectivity index (χ3v) is 6.69. The normalized spacial score (nSPS) is 10.5. The van der Waals surface area contributed by atoms with Crippen molar-refractivity contribution in [2.75, 3.05) is 31.8 Å². The number of rotatable bonds is 10. The molecule has 0 aliphatic rings. The van der Waals surface area contributed by atoms with Gasteiger partial charge in [0.05, 0.1) is 20.0 Å². The SMILES string of the molecule is COc1ccc(CCNC(=O)CSc2nnc(NC(=O)c3cccc(Br)c3)s2)cc1OC. The summed E-state index contributed by atoms with van der Waals surface area (Å²) in [6, 6.07) is 12.7. The number of anilines is 1. The number of thioether (sulfide) groups is 1. The van der Waals surface area contributed by atoms with Crippen molar-refractivity contribution < 1.29 is 19.1 Å². The van der Waals surface area contributed by atoms with E-state index < -0.39 is 0 Å². The molecule has 3 rings (SSSR count). The van der Waals surface area contributed by atoms with Crippen LogP contribution in [0.25, 0.3) is 0 Å². The highest BCUT2D eigenvalue weighted by Crippen LogP contribution is 2.28. The molecule has 0 fully saturated rings. The summed E-state index contributed by atoms with van der Waals surface area (Å²) >= 11 is 5.83. The zero-order valence-corrected chi connectivity index (χ0v) is 20.6. The zero-order chi connectivity index (χ0) is 22.9. The van der Waals surface area contributed by atoms with Crippen molar-refractivity contribution >= 4 is 56.0 Å². The first-order valence-electron chi connectivity index (χ1n) is 9.49. The number of nitrogens with one attached hydrogen (secondary N) is 2. The Morgan fingerprint density at radius 2 is 1.91 bits per heavy atom. The average molecular weight is 537 g/mol. The van der Waals surface area contributed by atoms with Crippen LogP contribution in [0.2, 0.25) is 0 Å². The van der Waals surface area contributed by atoms with E-state index in [1.165, 1.54) is 23.1 Å². The minimum absolute atomic E-state index is 0.106. The average Bonchev–Trinajstić information content (AvgIpc) is 3.24. The molecule has 3 aromatic rings. The lowest BCUT2D eigenvalue weighted by molar-refractivity contribution is -0.118. The first kappa shape index (κ1) is 24.0. The summed E-state index contributed by atoms with van der Waals surface area (Å²) < 4.78 is 11.9. The monoisotopic (exact) mass is 536 g/mol. The van der Waals surface area contributed by atoms with Gasteiger partial charge >= 0.3 is 0 Å². The van der Waals surface area contributed by atoms with Gasteiger partial charge in [0.1, 0.15) is 0 Å². The third-order valence-electron chi connectivity index (χ3n) is 4.22. The molecule has 0 aliphatic carbocycles. The second-order valence-corrected chi connectivity index (χ2v) is 9.53. The summed E-state index contributed by atoms with van der Waals surface area (Å²) in [6.45, 7) is 0.499. The Balaban J connectivity index is 1.42. The Morgan fingerprint density at radius 3 is 2.66 bits per heavy atom. The second kappa shape index (κ2) is 11.8. The number of methoxy groups -OCH3 is 2. The fourth-order valence-electron chi connectivity index (χ4n) is 2.68. The van der Waals surface area contributed by atoms with Gasteiger partial charge in [0.15, 0.2) is 15.8 Å². The molecule has 0 saturated heterocycles. The number of hydrogen-bond acceptors (Lipinski definition) is 8. The summed E-state index contributed by atoms with van der Waals surface area (Å²) in [4.78, 5) is 24.4. The number of halogens is 1. The predicted octanol–water partition coefficient (Wildman–Crippen LogP) is 4.02. The van der Waals surface area contributed by atoms with E-state index in [9.17, 15) is 9.59 Å². The quantitative estimate of drug-likeness (QED) is 0.298. The van der Waals surface area contributed by atoms with E-state index in [-0.39, 0.29) is 17.6 Å². The van der Waals surface area contributed by atoms with Gasteiger partial charge in [-0.15, -0.1) is 10.2 Å². The van der Waals surface area contributed by atoms with Crippen LogP contribution in [0.1, 0.15) is 15.9 Å². The van der Waals surface area contributed by atoms with Gasteiger partial charge in [-0.2, -0.15) is 0 Å². The van der Waals surface area contributed by atoms with Crippen molar-refractivity contribution in [1.29, 1.82) is 0 Å². The van der Waals surface area contributed by atoms with Crippen molar-refractivity contribution in [2.24, 2.45) is 0 Å². The summed E-state index contributed by atoms with van der Waals surface area (Å²) in [5.41, 5.74) is 1.54. The van der Waals surface area contributed by atoms with Crippen molar-refractivity contribution in [3.8, 4) is 11.5 Å². The molecule has 0 bridgehead atoms. The molecule has 2 N–H and O–H groups in total. The molecule has 0 saturated carbocycles. The van der Waals surface area contributed by atoms with Crippen LogP contribution >= 0.6 is 39.0 Å². The molecule has 0 unspecified atom stereocenters. The molecule has 32 heavy (non-hydrogen) atoms. The molecule has 0 atom stereocenters. The molecule has 0 spiro atoms. The fraction of sp³-hybridized carbons (Fsp3) is 0.238. The molecular formula is C21H21BrN4O4S2. The minimum Gasteiger partial charge on any atom is -0.493 e. The Bertz CT molecular complexity index is 1090. The van der Waals surface area contributed by atoms with Gasteiger partial charge in [0, 0.05) is 16.6 Å².